The first kappa shape index (κ1) is 18.2. The summed E-state index contributed by atoms with van der Waals surface area (Å²) in [7, 11) is 0. The number of halogens is 1. The van der Waals surface area contributed by atoms with Crippen LogP contribution in [-0.4, -0.2) is 38.7 Å². The van der Waals surface area contributed by atoms with Gasteiger partial charge in [0, 0.05) is 30.2 Å². The van der Waals surface area contributed by atoms with Crippen molar-refractivity contribution < 1.29 is 0 Å². The fourth-order valence-electron chi connectivity index (χ4n) is 4.68. The summed E-state index contributed by atoms with van der Waals surface area (Å²) in [6.07, 6.45) is 9.61. The van der Waals surface area contributed by atoms with Crippen LogP contribution in [0.25, 0.3) is 5.65 Å². The molecule has 6 nitrogen and oxygen atoms in total. The Morgan fingerprint density at radius 1 is 1.14 bits per heavy atom. The molecule has 1 saturated heterocycles. The second-order valence-electron chi connectivity index (χ2n) is 7.83. The van der Waals surface area contributed by atoms with Crippen LogP contribution in [0.2, 0.25) is 5.02 Å². The summed E-state index contributed by atoms with van der Waals surface area (Å²) in [6, 6.07) is 8.16. The Kier molecular flexibility index (Phi) is 4.69. The van der Waals surface area contributed by atoms with Gasteiger partial charge in [0.2, 0.25) is 5.95 Å². The molecule has 5 rings (SSSR count). The fraction of sp³-hybridized carbons (Fsp3) is 0.450. The molecule has 1 atom stereocenters. The lowest BCUT2D eigenvalue weighted by Gasteiger charge is -2.42. The summed E-state index contributed by atoms with van der Waals surface area (Å²) >= 11 is 7.89. The quantitative estimate of drug-likeness (QED) is 0.697. The van der Waals surface area contributed by atoms with Gasteiger partial charge in [-0.2, -0.15) is 0 Å². The number of aromatic nitrogens is 4. The highest BCUT2D eigenvalue weighted by Crippen LogP contribution is 2.46. The van der Waals surface area contributed by atoms with Crippen molar-refractivity contribution in [1.82, 2.24) is 19.6 Å². The van der Waals surface area contributed by atoms with E-state index in [1.807, 2.05) is 34.9 Å². The van der Waals surface area contributed by atoms with Crippen LogP contribution in [0.4, 0.5) is 5.95 Å². The van der Waals surface area contributed by atoms with E-state index in [-0.39, 0.29) is 0 Å². The maximum Gasteiger partial charge on any atom is 0.212 e. The number of nitrogens with two attached hydrogens (primary N) is 1. The first-order valence-electron chi connectivity index (χ1n) is 9.78. The van der Waals surface area contributed by atoms with E-state index in [0.717, 1.165) is 52.3 Å². The van der Waals surface area contributed by atoms with Crippen molar-refractivity contribution >= 4 is 35.0 Å². The molecule has 2 N–H and O–H groups in total. The second kappa shape index (κ2) is 7.21. The Morgan fingerprint density at radius 2 is 1.96 bits per heavy atom. The Morgan fingerprint density at radius 3 is 2.71 bits per heavy atom. The van der Waals surface area contributed by atoms with Gasteiger partial charge in [-0.15, -0.1) is 10.2 Å². The number of fused-ring (bicyclic) bond motifs is 1. The molecule has 0 radical (unpaired) electrons. The molecule has 0 amide bonds. The van der Waals surface area contributed by atoms with Crippen molar-refractivity contribution in [3.8, 4) is 0 Å². The van der Waals surface area contributed by atoms with Crippen molar-refractivity contribution in [2.24, 2.45) is 11.1 Å². The van der Waals surface area contributed by atoms with Crippen molar-refractivity contribution in [1.29, 1.82) is 0 Å². The molecule has 1 aliphatic carbocycles. The van der Waals surface area contributed by atoms with E-state index in [1.54, 1.807) is 18.1 Å². The molecule has 1 saturated carbocycles. The number of hydrogen-bond acceptors (Lipinski definition) is 6. The van der Waals surface area contributed by atoms with Crippen LogP contribution < -0.4 is 10.6 Å². The van der Waals surface area contributed by atoms with E-state index >= 15 is 0 Å². The predicted octanol–water partition coefficient (Wildman–Crippen LogP) is 4.03. The maximum atomic E-state index is 6.44. The number of nitrogens with zero attached hydrogens (tertiary/aromatic N) is 5. The molecule has 2 aliphatic rings. The van der Waals surface area contributed by atoms with Crippen LogP contribution >= 0.6 is 23.4 Å². The molecule has 2 fully saturated rings. The highest BCUT2D eigenvalue weighted by molar-refractivity contribution is 7.99. The molecule has 28 heavy (non-hydrogen) atoms. The molecule has 8 heteroatoms. The van der Waals surface area contributed by atoms with Crippen molar-refractivity contribution in [2.75, 3.05) is 18.0 Å². The van der Waals surface area contributed by atoms with Crippen molar-refractivity contribution in [3.05, 3.63) is 41.8 Å². The summed E-state index contributed by atoms with van der Waals surface area (Å²) in [4.78, 5) is 9.05. The topological polar surface area (TPSA) is 72.3 Å². The van der Waals surface area contributed by atoms with Gasteiger partial charge in [-0.1, -0.05) is 41.9 Å². The van der Waals surface area contributed by atoms with E-state index in [9.17, 15) is 0 Å². The average molecular weight is 415 g/mol. The minimum Gasteiger partial charge on any atom is -0.342 e. The monoisotopic (exact) mass is 414 g/mol. The van der Waals surface area contributed by atoms with Gasteiger partial charge in [0.25, 0.3) is 0 Å². The molecule has 3 aromatic rings. The summed E-state index contributed by atoms with van der Waals surface area (Å²) in [5.41, 5.74) is 7.58. The van der Waals surface area contributed by atoms with Gasteiger partial charge in [-0.3, -0.25) is 0 Å². The SMILES string of the molecule is N[C@@H]1CCCC12CCN(c1ncc(Sc3ccccc3Cl)c3nncn13)CC2. The van der Waals surface area contributed by atoms with Gasteiger partial charge >= 0.3 is 0 Å². The van der Waals surface area contributed by atoms with Gasteiger partial charge in [-0.25, -0.2) is 9.38 Å². The first-order valence-corrected chi connectivity index (χ1v) is 11.0. The van der Waals surface area contributed by atoms with Crippen LogP contribution in [0.5, 0.6) is 0 Å². The zero-order chi connectivity index (χ0) is 19.1. The largest absolute Gasteiger partial charge is 0.342 e. The van der Waals surface area contributed by atoms with Crippen LogP contribution in [0, 0.1) is 5.41 Å². The predicted molar refractivity (Wildman–Crippen MR) is 112 cm³/mol. The molecule has 1 aromatic carbocycles. The molecule has 1 aliphatic heterocycles. The Labute approximate surface area is 173 Å². The molecular formula is C20H23ClN6S. The third-order valence-corrected chi connectivity index (χ3v) is 7.88. The lowest BCUT2D eigenvalue weighted by Crippen LogP contribution is -2.47. The number of piperidine rings is 1. The average Bonchev–Trinajstić information content (AvgIpc) is 3.33. The third kappa shape index (κ3) is 3.06. The molecule has 0 bridgehead atoms. The summed E-state index contributed by atoms with van der Waals surface area (Å²) in [5, 5.41) is 9.22. The van der Waals surface area contributed by atoms with E-state index in [1.165, 1.54) is 19.3 Å². The van der Waals surface area contributed by atoms with Crippen LogP contribution in [0.3, 0.4) is 0 Å². The van der Waals surface area contributed by atoms with Gasteiger partial charge < -0.3 is 10.6 Å². The molecule has 1 spiro atoms. The van der Waals surface area contributed by atoms with Crippen LogP contribution in [0.1, 0.15) is 32.1 Å². The molecule has 146 valence electrons. The lowest BCUT2D eigenvalue weighted by atomic mass is 9.74. The molecular weight excluding hydrogens is 392 g/mol. The van der Waals surface area contributed by atoms with Crippen LogP contribution in [-0.2, 0) is 0 Å². The molecule has 0 unspecified atom stereocenters. The highest BCUT2D eigenvalue weighted by atomic mass is 35.5. The zero-order valence-electron chi connectivity index (χ0n) is 15.6. The Hall–Kier alpha value is -1.83. The van der Waals surface area contributed by atoms with Crippen molar-refractivity contribution in [2.45, 2.75) is 47.9 Å². The van der Waals surface area contributed by atoms with Gasteiger partial charge in [-0.05, 0) is 43.2 Å². The minimum atomic E-state index is 0.336. The number of benzene rings is 1. The fourth-order valence-corrected chi connectivity index (χ4v) is 5.81. The molecule has 3 heterocycles. The van der Waals surface area contributed by atoms with Gasteiger partial charge in [0.1, 0.15) is 6.33 Å². The normalized spacial score (nSPS) is 21.6. The van der Waals surface area contributed by atoms with E-state index in [2.05, 4.69) is 15.1 Å². The number of rotatable bonds is 3. The van der Waals surface area contributed by atoms with Gasteiger partial charge in [0.05, 0.1) is 9.92 Å². The van der Waals surface area contributed by atoms with Gasteiger partial charge in [0.15, 0.2) is 5.65 Å². The zero-order valence-corrected chi connectivity index (χ0v) is 17.2. The standard InChI is InChI=1S/C20H23ClN6S/c21-14-4-1-2-5-15(14)28-16-12-23-19(27-13-24-25-18(16)27)26-10-8-20(9-11-26)7-3-6-17(20)22/h1-2,4-5,12-13,17H,3,6-11,22H2/t17-/m1/s1. The second-order valence-corrected chi connectivity index (χ2v) is 9.32. The van der Waals surface area contributed by atoms with E-state index < -0.39 is 0 Å². The smallest absolute Gasteiger partial charge is 0.212 e. The maximum absolute atomic E-state index is 6.44. The number of hydrogen-bond donors (Lipinski definition) is 1. The van der Waals surface area contributed by atoms with Crippen molar-refractivity contribution in [3.63, 3.8) is 0 Å². The Bertz CT molecular complexity index is 997. The third-order valence-electron chi connectivity index (χ3n) is 6.36. The summed E-state index contributed by atoms with van der Waals surface area (Å²) < 4.78 is 1.99. The van der Waals surface area contributed by atoms with E-state index in [4.69, 9.17) is 22.3 Å². The lowest BCUT2D eigenvalue weighted by molar-refractivity contribution is 0.197. The molecule has 2 aromatic heterocycles. The first-order chi connectivity index (χ1) is 13.7. The summed E-state index contributed by atoms with van der Waals surface area (Å²) in [6.45, 7) is 1.95. The van der Waals surface area contributed by atoms with E-state index in [0.29, 0.717) is 11.5 Å². The summed E-state index contributed by atoms with van der Waals surface area (Å²) in [5.74, 6) is 0.907. The minimum absolute atomic E-state index is 0.336. The Balaban J connectivity index is 1.41. The van der Waals surface area contributed by atoms with Crippen LogP contribution in [0.15, 0.2) is 46.6 Å². The number of anilines is 1. The highest BCUT2D eigenvalue weighted by Gasteiger charge is 2.43.